The molecule has 0 saturated carbocycles. The summed E-state index contributed by atoms with van der Waals surface area (Å²) in [7, 11) is 0. The van der Waals surface area contributed by atoms with Crippen molar-refractivity contribution in [3.05, 3.63) is 66.2 Å². The normalized spacial score (nSPS) is 12.4. The molecule has 0 amide bonds. The molecule has 19 heavy (non-hydrogen) atoms. The molecule has 1 atom stereocenters. The Morgan fingerprint density at radius 2 is 1.47 bits per heavy atom. The summed E-state index contributed by atoms with van der Waals surface area (Å²) in [6.07, 6.45) is 0. The minimum atomic E-state index is 0.210. The summed E-state index contributed by atoms with van der Waals surface area (Å²) in [5.41, 5.74) is 1.26. The Balaban J connectivity index is 2.02. The second-order valence-electron chi connectivity index (χ2n) is 4.91. The Hall–Kier alpha value is -1.80. The van der Waals surface area contributed by atoms with Crippen LogP contribution in [0.1, 0.15) is 25.5 Å². The predicted octanol–water partition coefficient (Wildman–Crippen LogP) is 3.80. The quantitative estimate of drug-likeness (QED) is 0.847. The molecule has 2 aromatic rings. The second kappa shape index (κ2) is 6.95. The minimum absolute atomic E-state index is 0.210. The molecular formula is C17H21NO. The number of para-hydroxylation sites is 1. The zero-order valence-corrected chi connectivity index (χ0v) is 11.5. The maximum atomic E-state index is 5.86. The van der Waals surface area contributed by atoms with Crippen molar-refractivity contribution in [1.82, 2.24) is 5.32 Å². The molecule has 100 valence electrons. The molecule has 2 aromatic carbocycles. The van der Waals surface area contributed by atoms with E-state index in [4.69, 9.17) is 4.74 Å². The maximum absolute atomic E-state index is 5.86. The second-order valence-corrected chi connectivity index (χ2v) is 4.91. The zero-order chi connectivity index (χ0) is 13.5. The van der Waals surface area contributed by atoms with Gasteiger partial charge in [-0.15, -0.1) is 0 Å². The monoisotopic (exact) mass is 255 g/mol. The van der Waals surface area contributed by atoms with E-state index in [0.29, 0.717) is 12.6 Å². The lowest BCUT2D eigenvalue weighted by atomic mass is 10.1. The molecule has 0 spiro atoms. The van der Waals surface area contributed by atoms with Gasteiger partial charge in [-0.25, -0.2) is 0 Å². The number of benzene rings is 2. The van der Waals surface area contributed by atoms with Crippen molar-refractivity contribution in [3.8, 4) is 5.75 Å². The summed E-state index contributed by atoms with van der Waals surface area (Å²) in [5.74, 6) is 0.911. The summed E-state index contributed by atoms with van der Waals surface area (Å²) in [6.45, 7) is 4.93. The number of hydrogen-bond donors (Lipinski definition) is 1. The van der Waals surface area contributed by atoms with Crippen LogP contribution in [0.5, 0.6) is 5.75 Å². The number of rotatable bonds is 6. The first-order chi connectivity index (χ1) is 9.25. The molecule has 0 radical (unpaired) electrons. The molecule has 1 N–H and O–H groups in total. The smallest absolute Gasteiger partial charge is 0.119 e. The molecule has 0 aliphatic rings. The maximum Gasteiger partial charge on any atom is 0.119 e. The molecule has 0 aromatic heterocycles. The Bertz CT molecular complexity index is 467. The highest BCUT2D eigenvalue weighted by Crippen LogP contribution is 2.16. The van der Waals surface area contributed by atoms with Crippen LogP contribution >= 0.6 is 0 Å². The van der Waals surface area contributed by atoms with Gasteiger partial charge in [0.15, 0.2) is 0 Å². The fourth-order valence-electron chi connectivity index (χ4n) is 2.02. The lowest BCUT2D eigenvalue weighted by Gasteiger charge is -2.22. The minimum Gasteiger partial charge on any atom is -0.492 e. The molecule has 0 saturated heterocycles. The first kappa shape index (κ1) is 13.6. The standard InChI is InChI=1S/C17H21NO/c1-14(2)18-17(15-9-5-3-6-10-15)13-19-16-11-7-4-8-12-16/h3-12,14,17-18H,13H2,1-2H3/t17-/m1/s1. The van der Waals surface area contributed by atoms with Crippen molar-refractivity contribution in [1.29, 1.82) is 0 Å². The van der Waals surface area contributed by atoms with Crippen LogP contribution in [-0.4, -0.2) is 12.6 Å². The third kappa shape index (κ3) is 4.42. The molecule has 2 nitrogen and oxygen atoms in total. The molecular weight excluding hydrogens is 234 g/mol. The van der Waals surface area contributed by atoms with Gasteiger partial charge in [-0.1, -0.05) is 62.4 Å². The van der Waals surface area contributed by atoms with E-state index < -0.39 is 0 Å². The SMILES string of the molecule is CC(C)N[C@H](COc1ccccc1)c1ccccc1. The van der Waals surface area contributed by atoms with Crippen LogP contribution in [0.3, 0.4) is 0 Å². The Labute approximate surface area is 115 Å². The van der Waals surface area contributed by atoms with Crippen molar-refractivity contribution in [2.45, 2.75) is 25.9 Å². The van der Waals surface area contributed by atoms with Gasteiger partial charge in [-0.2, -0.15) is 0 Å². The van der Waals surface area contributed by atoms with Crippen molar-refractivity contribution >= 4 is 0 Å². The number of nitrogens with one attached hydrogen (secondary N) is 1. The average molecular weight is 255 g/mol. The molecule has 2 heteroatoms. The predicted molar refractivity (Wildman–Crippen MR) is 79.4 cm³/mol. The topological polar surface area (TPSA) is 21.3 Å². The fourth-order valence-corrected chi connectivity index (χ4v) is 2.02. The van der Waals surface area contributed by atoms with E-state index >= 15 is 0 Å². The van der Waals surface area contributed by atoms with Crippen LogP contribution in [-0.2, 0) is 0 Å². The Kier molecular flexibility index (Phi) is 4.99. The van der Waals surface area contributed by atoms with Crippen LogP contribution in [0.15, 0.2) is 60.7 Å². The van der Waals surface area contributed by atoms with Crippen LogP contribution in [0, 0.1) is 0 Å². The lowest BCUT2D eigenvalue weighted by molar-refractivity contribution is 0.258. The first-order valence-corrected chi connectivity index (χ1v) is 6.74. The summed E-state index contributed by atoms with van der Waals surface area (Å²) in [6, 6.07) is 21.0. The zero-order valence-electron chi connectivity index (χ0n) is 11.5. The number of ether oxygens (including phenoxy) is 1. The third-order valence-electron chi connectivity index (χ3n) is 2.90. The fraction of sp³-hybridized carbons (Fsp3) is 0.294. The van der Waals surface area contributed by atoms with Gasteiger partial charge in [-0.05, 0) is 17.7 Å². The summed E-state index contributed by atoms with van der Waals surface area (Å²) >= 11 is 0. The molecule has 0 bridgehead atoms. The van der Waals surface area contributed by atoms with E-state index in [1.807, 2.05) is 36.4 Å². The Morgan fingerprint density at radius 1 is 0.895 bits per heavy atom. The van der Waals surface area contributed by atoms with Crippen molar-refractivity contribution in [3.63, 3.8) is 0 Å². The van der Waals surface area contributed by atoms with Gasteiger partial charge in [0.1, 0.15) is 12.4 Å². The van der Waals surface area contributed by atoms with Crippen LogP contribution in [0.25, 0.3) is 0 Å². The average Bonchev–Trinajstić information content (AvgIpc) is 2.45. The first-order valence-electron chi connectivity index (χ1n) is 6.74. The van der Waals surface area contributed by atoms with E-state index in [1.165, 1.54) is 5.56 Å². The Morgan fingerprint density at radius 3 is 2.05 bits per heavy atom. The molecule has 0 aliphatic carbocycles. The van der Waals surface area contributed by atoms with E-state index in [0.717, 1.165) is 5.75 Å². The summed E-state index contributed by atoms with van der Waals surface area (Å²) in [5, 5.41) is 3.54. The molecule has 2 rings (SSSR count). The molecule has 0 heterocycles. The van der Waals surface area contributed by atoms with E-state index in [-0.39, 0.29) is 6.04 Å². The third-order valence-corrected chi connectivity index (χ3v) is 2.90. The van der Waals surface area contributed by atoms with Crippen molar-refractivity contribution in [2.75, 3.05) is 6.61 Å². The highest BCUT2D eigenvalue weighted by atomic mass is 16.5. The summed E-state index contributed by atoms with van der Waals surface area (Å²) < 4.78 is 5.86. The molecule has 0 fully saturated rings. The highest BCUT2D eigenvalue weighted by molar-refractivity contribution is 5.22. The van der Waals surface area contributed by atoms with Gasteiger partial charge in [0.05, 0.1) is 6.04 Å². The summed E-state index contributed by atoms with van der Waals surface area (Å²) in [4.78, 5) is 0. The number of hydrogen-bond acceptors (Lipinski definition) is 2. The van der Waals surface area contributed by atoms with Crippen LogP contribution in [0.4, 0.5) is 0 Å². The van der Waals surface area contributed by atoms with Gasteiger partial charge in [-0.3, -0.25) is 0 Å². The van der Waals surface area contributed by atoms with E-state index in [9.17, 15) is 0 Å². The van der Waals surface area contributed by atoms with Gasteiger partial charge in [0.2, 0.25) is 0 Å². The highest BCUT2D eigenvalue weighted by Gasteiger charge is 2.12. The van der Waals surface area contributed by atoms with Gasteiger partial charge in [0, 0.05) is 6.04 Å². The van der Waals surface area contributed by atoms with Crippen molar-refractivity contribution < 1.29 is 4.74 Å². The van der Waals surface area contributed by atoms with Gasteiger partial charge in [0.25, 0.3) is 0 Å². The van der Waals surface area contributed by atoms with E-state index in [2.05, 4.69) is 43.4 Å². The van der Waals surface area contributed by atoms with E-state index in [1.54, 1.807) is 0 Å². The van der Waals surface area contributed by atoms with Gasteiger partial charge >= 0.3 is 0 Å². The van der Waals surface area contributed by atoms with Crippen molar-refractivity contribution in [2.24, 2.45) is 0 Å². The van der Waals surface area contributed by atoms with Gasteiger partial charge < -0.3 is 10.1 Å². The molecule has 0 unspecified atom stereocenters. The molecule has 0 aliphatic heterocycles. The lowest BCUT2D eigenvalue weighted by Crippen LogP contribution is -2.32. The van der Waals surface area contributed by atoms with Crippen LogP contribution in [0.2, 0.25) is 0 Å². The largest absolute Gasteiger partial charge is 0.492 e. The van der Waals surface area contributed by atoms with Crippen LogP contribution < -0.4 is 10.1 Å².